The fourth-order valence-electron chi connectivity index (χ4n) is 1.95. The minimum Gasteiger partial charge on any atom is -0.223 e. The van der Waals surface area contributed by atoms with E-state index in [-0.39, 0.29) is 5.41 Å². The molecule has 0 aromatic carbocycles. The van der Waals surface area contributed by atoms with E-state index in [1.165, 1.54) is 0 Å². The van der Waals surface area contributed by atoms with Crippen LogP contribution in [0.25, 0.3) is 0 Å². The summed E-state index contributed by atoms with van der Waals surface area (Å²) in [6.07, 6.45) is 9.11. The molecule has 108 valence electrons. The molecule has 0 N–H and O–H groups in total. The molecule has 0 bridgehead atoms. The van der Waals surface area contributed by atoms with Crippen LogP contribution in [-0.4, -0.2) is 13.2 Å². The second kappa shape index (κ2) is 5.28. The first-order chi connectivity index (χ1) is 8.45. The van der Waals surface area contributed by atoms with Crippen molar-refractivity contribution in [2.24, 2.45) is 5.41 Å². The highest BCUT2D eigenvalue weighted by Crippen LogP contribution is 2.36. The van der Waals surface area contributed by atoms with Crippen molar-refractivity contribution in [3.05, 3.63) is 34.8 Å². The number of rotatable bonds is 2. The van der Waals surface area contributed by atoms with Gasteiger partial charge in [-0.15, -0.1) is 0 Å². The molecule has 0 aliphatic heterocycles. The highest BCUT2D eigenvalue weighted by molar-refractivity contribution is 7.96. The number of sulfone groups is 1. The third-order valence-corrected chi connectivity index (χ3v) is 5.73. The number of allylic oxidation sites excluding steroid dienone is 6. The first-order valence-electron chi connectivity index (χ1n) is 6.75. The van der Waals surface area contributed by atoms with Gasteiger partial charge in [-0.05, 0) is 44.6 Å². The molecule has 1 rings (SSSR count). The van der Waals surface area contributed by atoms with Crippen LogP contribution in [0.3, 0.4) is 0 Å². The van der Waals surface area contributed by atoms with Gasteiger partial charge in [0.05, 0.1) is 4.75 Å². The Morgan fingerprint density at radius 1 is 1.11 bits per heavy atom. The molecule has 0 heterocycles. The van der Waals surface area contributed by atoms with Gasteiger partial charge < -0.3 is 0 Å². The van der Waals surface area contributed by atoms with Gasteiger partial charge in [0.25, 0.3) is 0 Å². The van der Waals surface area contributed by atoms with Gasteiger partial charge in [-0.3, -0.25) is 0 Å². The molecule has 0 spiro atoms. The lowest BCUT2D eigenvalue weighted by Crippen LogP contribution is -2.31. The van der Waals surface area contributed by atoms with E-state index in [1.807, 2.05) is 24.3 Å². The van der Waals surface area contributed by atoms with Crippen molar-refractivity contribution in [3.8, 4) is 0 Å². The van der Waals surface area contributed by atoms with E-state index in [0.717, 1.165) is 5.57 Å². The summed E-state index contributed by atoms with van der Waals surface area (Å²) in [5.74, 6) is 0. The Kier molecular flexibility index (Phi) is 4.51. The summed E-state index contributed by atoms with van der Waals surface area (Å²) in [6.45, 7) is 11.5. The lowest BCUT2D eigenvalue weighted by molar-refractivity contribution is 0.412. The first kappa shape index (κ1) is 16.2. The molecule has 19 heavy (non-hydrogen) atoms. The molecule has 3 heteroatoms. The summed E-state index contributed by atoms with van der Waals surface area (Å²) < 4.78 is 24.9. The van der Waals surface area contributed by atoms with Crippen molar-refractivity contribution in [2.45, 2.75) is 59.1 Å². The van der Waals surface area contributed by atoms with Gasteiger partial charge in [0.15, 0.2) is 9.84 Å². The predicted octanol–water partition coefficient (Wildman–Crippen LogP) is 4.41. The summed E-state index contributed by atoms with van der Waals surface area (Å²) >= 11 is 0. The number of hydrogen-bond donors (Lipinski definition) is 0. The fourth-order valence-corrected chi connectivity index (χ4v) is 3.81. The Balaban J connectivity index is 3.38. The zero-order chi connectivity index (χ0) is 14.9. The molecule has 0 aromatic heterocycles. The van der Waals surface area contributed by atoms with Crippen LogP contribution < -0.4 is 0 Å². The monoisotopic (exact) mass is 282 g/mol. The van der Waals surface area contributed by atoms with Gasteiger partial charge in [0, 0.05) is 4.91 Å². The average molecular weight is 282 g/mol. The smallest absolute Gasteiger partial charge is 0.179 e. The minimum atomic E-state index is -3.28. The second-order valence-electron chi connectivity index (χ2n) is 7.29. The highest BCUT2D eigenvalue weighted by Gasteiger charge is 2.36. The standard InChI is InChI=1S/C16H26O2S/c1-15(2,3)12-14(13-10-8-7-9-11-13)19(17,18)16(4,5)6/h7-10H,11-12H2,1-6H3/b14-13+. The normalized spacial score (nSPS) is 19.7. The molecule has 1 aliphatic rings. The van der Waals surface area contributed by atoms with Crippen LogP contribution in [0.15, 0.2) is 34.8 Å². The van der Waals surface area contributed by atoms with Gasteiger partial charge >= 0.3 is 0 Å². The van der Waals surface area contributed by atoms with E-state index in [1.54, 1.807) is 20.8 Å². The van der Waals surface area contributed by atoms with Crippen LogP contribution in [0.2, 0.25) is 0 Å². The third kappa shape index (κ3) is 4.07. The summed E-state index contributed by atoms with van der Waals surface area (Å²) in [7, 11) is -3.28. The maximum atomic E-state index is 12.8. The van der Waals surface area contributed by atoms with Gasteiger partial charge in [-0.2, -0.15) is 0 Å². The van der Waals surface area contributed by atoms with Crippen molar-refractivity contribution < 1.29 is 8.42 Å². The lowest BCUT2D eigenvalue weighted by atomic mass is 9.90. The molecule has 0 aromatic rings. The average Bonchev–Trinajstić information content (AvgIpc) is 2.24. The van der Waals surface area contributed by atoms with Crippen LogP contribution in [0.1, 0.15) is 54.4 Å². The van der Waals surface area contributed by atoms with Crippen LogP contribution in [0.5, 0.6) is 0 Å². The summed E-state index contributed by atoms with van der Waals surface area (Å²) in [5.41, 5.74) is 0.891. The summed E-state index contributed by atoms with van der Waals surface area (Å²) in [6, 6.07) is 0. The Bertz CT molecular complexity index is 518. The quantitative estimate of drug-likeness (QED) is 0.752. The molecule has 0 radical (unpaired) electrons. The Morgan fingerprint density at radius 2 is 1.68 bits per heavy atom. The summed E-state index contributed by atoms with van der Waals surface area (Å²) in [4.78, 5) is 0.605. The fraction of sp³-hybridized carbons (Fsp3) is 0.625. The molecule has 0 amide bonds. The zero-order valence-electron chi connectivity index (χ0n) is 12.9. The largest absolute Gasteiger partial charge is 0.223 e. The molecule has 0 unspecified atom stereocenters. The lowest BCUT2D eigenvalue weighted by Gasteiger charge is -2.28. The highest BCUT2D eigenvalue weighted by atomic mass is 32.2. The second-order valence-corrected chi connectivity index (χ2v) is 10.0. The van der Waals surface area contributed by atoms with Crippen LogP contribution in [0, 0.1) is 5.41 Å². The molecule has 0 atom stereocenters. The van der Waals surface area contributed by atoms with Crippen LogP contribution >= 0.6 is 0 Å². The molecule has 0 saturated heterocycles. The van der Waals surface area contributed by atoms with Crippen LogP contribution in [-0.2, 0) is 9.84 Å². The van der Waals surface area contributed by atoms with E-state index >= 15 is 0 Å². The summed E-state index contributed by atoms with van der Waals surface area (Å²) in [5, 5.41) is 0. The van der Waals surface area contributed by atoms with E-state index in [4.69, 9.17) is 0 Å². The minimum absolute atomic E-state index is 0.0460. The maximum Gasteiger partial charge on any atom is 0.179 e. The molecule has 1 aliphatic carbocycles. The van der Waals surface area contributed by atoms with E-state index < -0.39 is 14.6 Å². The van der Waals surface area contributed by atoms with Crippen molar-refractivity contribution in [1.29, 1.82) is 0 Å². The Morgan fingerprint density at radius 3 is 2.05 bits per heavy atom. The van der Waals surface area contributed by atoms with Crippen LogP contribution in [0.4, 0.5) is 0 Å². The maximum absolute atomic E-state index is 12.8. The van der Waals surface area contributed by atoms with E-state index in [9.17, 15) is 8.42 Å². The topological polar surface area (TPSA) is 34.1 Å². The van der Waals surface area contributed by atoms with Gasteiger partial charge in [-0.25, -0.2) is 8.42 Å². The SMILES string of the molecule is CC(C)(C)C/C(=C1/C=CC=CC1)S(=O)(=O)C(C)(C)C. The van der Waals surface area contributed by atoms with Gasteiger partial charge in [0.2, 0.25) is 0 Å². The van der Waals surface area contributed by atoms with Crippen molar-refractivity contribution >= 4 is 9.84 Å². The van der Waals surface area contributed by atoms with Crippen molar-refractivity contribution in [1.82, 2.24) is 0 Å². The van der Waals surface area contributed by atoms with E-state index in [2.05, 4.69) is 20.8 Å². The first-order valence-corrected chi connectivity index (χ1v) is 8.23. The molecular formula is C16H26O2S. The predicted molar refractivity (Wildman–Crippen MR) is 82.7 cm³/mol. The Hall–Kier alpha value is -0.830. The third-order valence-electron chi connectivity index (χ3n) is 3.06. The van der Waals surface area contributed by atoms with Gasteiger partial charge in [-0.1, -0.05) is 45.1 Å². The molecule has 0 saturated carbocycles. The number of hydrogen-bond acceptors (Lipinski definition) is 2. The van der Waals surface area contributed by atoms with E-state index in [0.29, 0.717) is 17.7 Å². The molecule has 2 nitrogen and oxygen atoms in total. The molecule has 0 fully saturated rings. The molecular weight excluding hydrogens is 256 g/mol. The van der Waals surface area contributed by atoms with Crippen molar-refractivity contribution in [3.63, 3.8) is 0 Å². The Labute approximate surface area is 118 Å². The van der Waals surface area contributed by atoms with Gasteiger partial charge in [0.1, 0.15) is 0 Å². The van der Waals surface area contributed by atoms with Crippen molar-refractivity contribution in [2.75, 3.05) is 0 Å². The zero-order valence-corrected chi connectivity index (χ0v) is 13.8.